The third kappa shape index (κ3) is 3.22. The molecule has 1 fully saturated rings. The molecule has 2 aliphatic heterocycles. The standard InChI is InChI=1S/C20H27N3O4S/c1-3-23-16(25)11-21(2)19(27)17-14-8-9-22(10-15(14)28-20(17)23)18(26)12-4-6-13(24)7-5-12/h12-13,24H,3-11H2,1-2H3. The van der Waals surface area contributed by atoms with Crippen molar-refractivity contribution in [3.8, 4) is 0 Å². The van der Waals surface area contributed by atoms with Gasteiger partial charge in [-0.05, 0) is 44.6 Å². The molecule has 0 spiro atoms. The molecule has 152 valence electrons. The minimum absolute atomic E-state index is 0.00998. The molecule has 1 aliphatic carbocycles. The maximum absolute atomic E-state index is 13.0. The van der Waals surface area contributed by atoms with E-state index in [9.17, 15) is 19.5 Å². The van der Waals surface area contributed by atoms with E-state index < -0.39 is 0 Å². The van der Waals surface area contributed by atoms with Gasteiger partial charge in [-0.15, -0.1) is 11.3 Å². The van der Waals surface area contributed by atoms with Gasteiger partial charge in [0.1, 0.15) is 11.5 Å². The van der Waals surface area contributed by atoms with Crippen LogP contribution in [-0.2, 0) is 22.6 Å². The molecule has 0 aromatic carbocycles. The summed E-state index contributed by atoms with van der Waals surface area (Å²) in [4.78, 5) is 44.5. The van der Waals surface area contributed by atoms with Gasteiger partial charge in [-0.1, -0.05) is 0 Å². The van der Waals surface area contributed by atoms with E-state index in [1.807, 2.05) is 11.8 Å². The highest BCUT2D eigenvalue weighted by Crippen LogP contribution is 2.41. The first-order valence-corrected chi connectivity index (χ1v) is 10.9. The monoisotopic (exact) mass is 405 g/mol. The van der Waals surface area contributed by atoms with Gasteiger partial charge in [0.15, 0.2) is 0 Å². The van der Waals surface area contributed by atoms with Crippen LogP contribution in [0.2, 0.25) is 0 Å². The van der Waals surface area contributed by atoms with Gasteiger partial charge in [0.2, 0.25) is 11.8 Å². The predicted molar refractivity (Wildman–Crippen MR) is 106 cm³/mol. The van der Waals surface area contributed by atoms with Crippen LogP contribution in [0.3, 0.4) is 0 Å². The van der Waals surface area contributed by atoms with E-state index in [-0.39, 0.29) is 36.3 Å². The van der Waals surface area contributed by atoms with E-state index in [0.29, 0.717) is 44.5 Å². The summed E-state index contributed by atoms with van der Waals surface area (Å²) in [5.74, 6) is -0.0144. The van der Waals surface area contributed by atoms with Crippen LogP contribution in [0.1, 0.15) is 53.4 Å². The third-order valence-corrected chi connectivity index (χ3v) is 7.43. The Hall–Kier alpha value is -1.93. The highest BCUT2D eigenvalue weighted by molar-refractivity contribution is 7.17. The lowest BCUT2D eigenvalue weighted by Crippen LogP contribution is -2.41. The van der Waals surface area contributed by atoms with Gasteiger partial charge in [0.05, 0.1) is 18.2 Å². The van der Waals surface area contributed by atoms with Crippen molar-refractivity contribution in [3.05, 3.63) is 16.0 Å². The van der Waals surface area contributed by atoms with Crippen molar-refractivity contribution in [2.24, 2.45) is 5.92 Å². The number of rotatable bonds is 2. The zero-order chi connectivity index (χ0) is 20.0. The molecule has 3 aliphatic rings. The maximum Gasteiger partial charge on any atom is 0.257 e. The van der Waals surface area contributed by atoms with E-state index in [2.05, 4.69) is 0 Å². The average Bonchev–Trinajstić information content (AvgIpc) is 3.02. The van der Waals surface area contributed by atoms with Crippen LogP contribution in [0.15, 0.2) is 0 Å². The second kappa shape index (κ2) is 7.48. The van der Waals surface area contributed by atoms with Crippen molar-refractivity contribution in [1.82, 2.24) is 9.80 Å². The molecule has 4 rings (SSSR count). The first-order chi connectivity index (χ1) is 13.4. The van der Waals surface area contributed by atoms with Gasteiger partial charge in [-0.2, -0.15) is 0 Å². The number of carbonyl (C=O) groups excluding carboxylic acids is 3. The predicted octanol–water partition coefficient (Wildman–Crippen LogP) is 1.62. The summed E-state index contributed by atoms with van der Waals surface area (Å²) in [6.07, 6.45) is 3.24. The summed E-state index contributed by atoms with van der Waals surface area (Å²) in [6, 6.07) is 0. The van der Waals surface area contributed by atoms with Crippen LogP contribution >= 0.6 is 11.3 Å². The van der Waals surface area contributed by atoms with E-state index in [4.69, 9.17) is 0 Å². The van der Waals surface area contributed by atoms with Crippen LogP contribution in [0.5, 0.6) is 0 Å². The number of fused-ring (bicyclic) bond motifs is 3. The van der Waals surface area contributed by atoms with Gasteiger partial charge in [0, 0.05) is 30.9 Å². The summed E-state index contributed by atoms with van der Waals surface area (Å²) in [5, 5.41) is 10.4. The molecule has 0 atom stereocenters. The second-order valence-electron chi connectivity index (χ2n) is 8.00. The number of hydrogen-bond donors (Lipinski definition) is 1. The Balaban J connectivity index is 1.61. The molecule has 28 heavy (non-hydrogen) atoms. The Morgan fingerprint density at radius 1 is 1.18 bits per heavy atom. The van der Waals surface area contributed by atoms with Crippen molar-refractivity contribution in [2.45, 2.75) is 51.7 Å². The fourth-order valence-corrected chi connectivity index (χ4v) is 5.99. The zero-order valence-electron chi connectivity index (χ0n) is 16.4. The Labute approximate surface area is 168 Å². The summed E-state index contributed by atoms with van der Waals surface area (Å²) in [5.41, 5.74) is 1.66. The summed E-state index contributed by atoms with van der Waals surface area (Å²) in [6.45, 7) is 3.66. The van der Waals surface area contributed by atoms with Gasteiger partial charge in [0.25, 0.3) is 5.91 Å². The molecule has 8 heteroatoms. The number of amides is 3. The third-order valence-electron chi connectivity index (χ3n) is 6.19. The SMILES string of the molecule is CCN1C(=O)CN(C)C(=O)c2c1sc1c2CCN(C(=O)C2CCC(O)CC2)C1. The first kappa shape index (κ1) is 19.4. The lowest BCUT2D eigenvalue weighted by molar-refractivity contribution is -0.138. The number of nitrogens with zero attached hydrogens (tertiary/aromatic N) is 3. The molecule has 7 nitrogen and oxygen atoms in total. The lowest BCUT2D eigenvalue weighted by atomic mass is 9.86. The van der Waals surface area contributed by atoms with Crippen molar-refractivity contribution in [2.75, 3.05) is 31.6 Å². The molecule has 1 N–H and O–H groups in total. The van der Waals surface area contributed by atoms with E-state index >= 15 is 0 Å². The van der Waals surface area contributed by atoms with Crippen LogP contribution in [-0.4, -0.2) is 65.4 Å². The first-order valence-electron chi connectivity index (χ1n) is 10.1. The Bertz CT molecular complexity index is 813. The number of hydrogen-bond acceptors (Lipinski definition) is 5. The summed E-state index contributed by atoms with van der Waals surface area (Å²) < 4.78 is 0. The van der Waals surface area contributed by atoms with Gasteiger partial charge in [-0.25, -0.2) is 0 Å². The zero-order valence-corrected chi connectivity index (χ0v) is 17.3. The van der Waals surface area contributed by atoms with Crippen molar-refractivity contribution < 1.29 is 19.5 Å². The number of anilines is 1. The van der Waals surface area contributed by atoms with Crippen LogP contribution in [0.4, 0.5) is 5.00 Å². The molecule has 1 saturated carbocycles. The van der Waals surface area contributed by atoms with Gasteiger partial charge < -0.3 is 19.8 Å². The average molecular weight is 406 g/mol. The summed E-state index contributed by atoms with van der Waals surface area (Å²) >= 11 is 1.49. The molecule has 1 aromatic heterocycles. The highest BCUT2D eigenvalue weighted by Gasteiger charge is 2.38. The molecular formula is C20H27N3O4S. The smallest absolute Gasteiger partial charge is 0.257 e. The molecule has 0 bridgehead atoms. The molecule has 0 unspecified atom stereocenters. The maximum atomic E-state index is 13.0. The van der Waals surface area contributed by atoms with E-state index in [0.717, 1.165) is 28.3 Å². The fraction of sp³-hybridized carbons (Fsp3) is 0.650. The molecule has 0 radical (unpaired) electrons. The molecule has 3 amide bonds. The van der Waals surface area contributed by atoms with Crippen molar-refractivity contribution in [1.29, 1.82) is 0 Å². The van der Waals surface area contributed by atoms with Crippen LogP contribution < -0.4 is 4.90 Å². The Morgan fingerprint density at radius 2 is 1.89 bits per heavy atom. The van der Waals surface area contributed by atoms with E-state index in [1.165, 1.54) is 16.2 Å². The highest BCUT2D eigenvalue weighted by atomic mass is 32.1. The number of likely N-dealkylation sites (N-methyl/N-ethyl adjacent to an activating group) is 2. The summed E-state index contributed by atoms with van der Waals surface area (Å²) in [7, 11) is 1.67. The van der Waals surface area contributed by atoms with Crippen LogP contribution in [0, 0.1) is 5.92 Å². The van der Waals surface area contributed by atoms with Gasteiger partial charge >= 0.3 is 0 Å². The van der Waals surface area contributed by atoms with Crippen molar-refractivity contribution in [3.63, 3.8) is 0 Å². The Kier molecular flexibility index (Phi) is 5.18. The number of aliphatic hydroxyl groups is 1. The van der Waals surface area contributed by atoms with Crippen LogP contribution in [0.25, 0.3) is 0 Å². The molecular weight excluding hydrogens is 378 g/mol. The largest absolute Gasteiger partial charge is 0.393 e. The molecule has 3 heterocycles. The quantitative estimate of drug-likeness (QED) is 0.811. The number of carbonyl (C=O) groups is 3. The van der Waals surface area contributed by atoms with E-state index in [1.54, 1.807) is 11.9 Å². The number of thiophene rings is 1. The van der Waals surface area contributed by atoms with Crippen molar-refractivity contribution >= 4 is 34.1 Å². The molecule has 1 aromatic rings. The minimum Gasteiger partial charge on any atom is -0.393 e. The lowest BCUT2D eigenvalue weighted by Gasteiger charge is -2.33. The fourth-order valence-electron chi connectivity index (χ4n) is 4.55. The molecule has 0 saturated heterocycles. The van der Waals surface area contributed by atoms with Gasteiger partial charge in [-0.3, -0.25) is 14.4 Å². The Morgan fingerprint density at radius 3 is 2.57 bits per heavy atom. The topological polar surface area (TPSA) is 81.2 Å². The number of aliphatic hydroxyl groups excluding tert-OH is 1. The second-order valence-corrected chi connectivity index (χ2v) is 9.08. The minimum atomic E-state index is -0.273. The normalized spacial score (nSPS) is 25.5.